The smallest absolute Gasteiger partial charge is 0.324 e. The first-order chi connectivity index (χ1) is 10.9. The molecule has 1 fully saturated rings. The molecule has 9 heteroatoms. The molecule has 3 atom stereocenters. The SMILES string of the molecule is N#CC1=C(N)OC2NC(=O)NC(=O)C2C1c1ccc(Cl)cc1Cl. The zero-order valence-electron chi connectivity index (χ0n) is 11.5. The third-order valence-corrected chi connectivity index (χ3v) is 4.31. The topological polar surface area (TPSA) is 117 Å². The van der Waals surface area contributed by atoms with Gasteiger partial charge in [-0.15, -0.1) is 0 Å². The van der Waals surface area contributed by atoms with Gasteiger partial charge in [0.05, 0.1) is 5.57 Å². The van der Waals surface area contributed by atoms with Crippen molar-refractivity contribution in [1.29, 1.82) is 5.26 Å². The molecule has 0 radical (unpaired) electrons. The van der Waals surface area contributed by atoms with E-state index in [9.17, 15) is 14.9 Å². The molecule has 4 N–H and O–H groups in total. The van der Waals surface area contributed by atoms with Crippen LogP contribution in [0.15, 0.2) is 29.7 Å². The molecule has 0 saturated carbocycles. The minimum atomic E-state index is -0.981. The van der Waals surface area contributed by atoms with Gasteiger partial charge in [0.1, 0.15) is 12.0 Å². The zero-order valence-corrected chi connectivity index (χ0v) is 13.0. The number of rotatable bonds is 1. The molecule has 1 aromatic carbocycles. The average Bonchev–Trinajstić information content (AvgIpc) is 2.45. The quantitative estimate of drug-likeness (QED) is 0.709. The Kier molecular flexibility index (Phi) is 3.80. The van der Waals surface area contributed by atoms with Crippen LogP contribution in [0, 0.1) is 17.2 Å². The number of fused-ring (bicyclic) bond motifs is 1. The Balaban J connectivity index is 2.17. The van der Waals surface area contributed by atoms with Gasteiger partial charge in [0.25, 0.3) is 0 Å². The summed E-state index contributed by atoms with van der Waals surface area (Å²) in [6.07, 6.45) is -0.981. The Bertz CT molecular complexity index is 787. The van der Waals surface area contributed by atoms with Crippen molar-refractivity contribution in [1.82, 2.24) is 10.6 Å². The van der Waals surface area contributed by atoms with E-state index in [0.29, 0.717) is 10.6 Å². The molecule has 3 rings (SSSR count). The number of halogens is 2. The number of allylic oxidation sites excluding steroid dienone is 1. The number of hydrogen-bond acceptors (Lipinski definition) is 5. The second kappa shape index (κ2) is 5.65. The number of imide groups is 1. The van der Waals surface area contributed by atoms with Crippen LogP contribution in [-0.2, 0) is 9.53 Å². The van der Waals surface area contributed by atoms with E-state index in [1.165, 1.54) is 6.07 Å². The van der Waals surface area contributed by atoms with Gasteiger partial charge in [-0.05, 0) is 17.7 Å². The number of urea groups is 1. The highest BCUT2D eigenvalue weighted by Crippen LogP contribution is 2.43. The highest BCUT2D eigenvalue weighted by Gasteiger charge is 2.49. The van der Waals surface area contributed by atoms with Crippen LogP contribution in [0.3, 0.4) is 0 Å². The predicted molar refractivity (Wildman–Crippen MR) is 81.1 cm³/mol. The standard InChI is InChI=1S/C14H10Cl2N4O3/c15-5-1-2-6(8(16)3-5)9-7(4-17)11(18)23-13-10(9)12(21)19-14(22)20-13/h1-3,9-10,13H,18H2,(H2,19,20,21,22). The summed E-state index contributed by atoms with van der Waals surface area (Å²) < 4.78 is 5.32. The molecule has 23 heavy (non-hydrogen) atoms. The Morgan fingerprint density at radius 2 is 2.04 bits per heavy atom. The lowest BCUT2D eigenvalue weighted by Crippen LogP contribution is -2.62. The lowest BCUT2D eigenvalue weighted by Gasteiger charge is -2.40. The molecule has 0 aromatic heterocycles. The number of hydrogen-bond donors (Lipinski definition) is 3. The monoisotopic (exact) mass is 352 g/mol. The van der Waals surface area contributed by atoms with Crippen molar-refractivity contribution in [3.8, 4) is 6.07 Å². The molecular formula is C14H10Cl2N4O3. The van der Waals surface area contributed by atoms with Crippen LogP contribution in [0.5, 0.6) is 0 Å². The van der Waals surface area contributed by atoms with Crippen molar-refractivity contribution in [3.05, 3.63) is 45.3 Å². The minimum absolute atomic E-state index is 0.0711. The number of nitrogens with one attached hydrogen (secondary N) is 2. The van der Waals surface area contributed by atoms with E-state index in [1.54, 1.807) is 12.1 Å². The Hall–Kier alpha value is -2.43. The van der Waals surface area contributed by atoms with E-state index in [2.05, 4.69) is 10.6 Å². The number of carbonyl (C=O) groups is 2. The van der Waals surface area contributed by atoms with Crippen molar-refractivity contribution in [2.24, 2.45) is 11.7 Å². The van der Waals surface area contributed by atoms with E-state index in [0.717, 1.165) is 0 Å². The van der Waals surface area contributed by atoms with E-state index < -0.39 is 30.0 Å². The van der Waals surface area contributed by atoms with Crippen LogP contribution in [0.1, 0.15) is 11.5 Å². The molecule has 1 saturated heterocycles. The van der Waals surface area contributed by atoms with Gasteiger partial charge in [-0.1, -0.05) is 29.3 Å². The molecule has 2 aliphatic rings. The summed E-state index contributed by atoms with van der Waals surface area (Å²) in [6, 6.07) is 5.98. The van der Waals surface area contributed by atoms with Crippen molar-refractivity contribution < 1.29 is 14.3 Å². The Morgan fingerprint density at radius 3 is 2.70 bits per heavy atom. The fraction of sp³-hybridized carbons (Fsp3) is 0.214. The van der Waals surface area contributed by atoms with E-state index in [-0.39, 0.29) is 16.5 Å². The molecule has 118 valence electrons. The maximum atomic E-state index is 12.3. The number of nitriles is 1. The van der Waals surface area contributed by atoms with Crippen molar-refractivity contribution in [3.63, 3.8) is 0 Å². The molecule has 0 bridgehead atoms. The minimum Gasteiger partial charge on any atom is -0.454 e. The molecular weight excluding hydrogens is 343 g/mol. The summed E-state index contributed by atoms with van der Waals surface area (Å²) in [7, 11) is 0. The van der Waals surface area contributed by atoms with Crippen LogP contribution in [0.25, 0.3) is 0 Å². The van der Waals surface area contributed by atoms with Gasteiger partial charge in [0.2, 0.25) is 11.8 Å². The largest absolute Gasteiger partial charge is 0.454 e. The maximum absolute atomic E-state index is 12.3. The summed E-state index contributed by atoms with van der Waals surface area (Å²) >= 11 is 12.1. The predicted octanol–water partition coefficient (Wildman–Crippen LogP) is 1.58. The molecule has 0 spiro atoms. The summed E-state index contributed by atoms with van der Waals surface area (Å²) in [4.78, 5) is 23.7. The van der Waals surface area contributed by atoms with Crippen molar-refractivity contribution >= 4 is 35.1 Å². The highest BCUT2D eigenvalue weighted by atomic mass is 35.5. The van der Waals surface area contributed by atoms with Crippen molar-refractivity contribution in [2.75, 3.05) is 0 Å². The Morgan fingerprint density at radius 1 is 1.30 bits per heavy atom. The third-order valence-electron chi connectivity index (χ3n) is 3.75. The van der Waals surface area contributed by atoms with Gasteiger partial charge in [0.15, 0.2) is 6.23 Å². The van der Waals surface area contributed by atoms with Gasteiger partial charge in [0, 0.05) is 16.0 Å². The van der Waals surface area contributed by atoms with Crippen LogP contribution in [-0.4, -0.2) is 18.2 Å². The fourth-order valence-electron chi connectivity index (χ4n) is 2.78. The number of nitrogens with two attached hydrogens (primary N) is 1. The Labute approximate surface area is 141 Å². The molecule has 2 heterocycles. The summed E-state index contributed by atoms with van der Waals surface area (Å²) in [5, 5.41) is 14.7. The first-order valence-electron chi connectivity index (χ1n) is 6.55. The first-order valence-corrected chi connectivity index (χ1v) is 7.30. The zero-order chi connectivity index (χ0) is 16.7. The summed E-state index contributed by atoms with van der Waals surface area (Å²) in [5.41, 5.74) is 6.35. The van der Waals surface area contributed by atoms with Crippen molar-refractivity contribution in [2.45, 2.75) is 12.1 Å². The number of amides is 3. The van der Waals surface area contributed by atoms with Gasteiger partial charge < -0.3 is 15.8 Å². The fourth-order valence-corrected chi connectivity index (χ4v) is 3.30. The van der Waals surface area contributed by atoms with E-state index >= 15 is 0 Å². The van der Waals surface area contributed by atoms with Crippen LogP contribution < -0.4 is 16.4 Å². The lowest BCUT2D eigenvalue weighted by molar-refractivity contribution is -0.132. The molecule has 3 unspecified atom stereocenters. The number of ether oxygens (including phenoxy) is 1. The second-order valence-electron chi connectivity index (χ2n) is 5.06. The first kappa shape index (κ1) is 15.5. The van der Waals surface area contributed by atoms with Gasteiger partial charge in [-0.2, -0.15) is 5.26 Å². The van der Waals surface area contributed by atoms with E-state index in [1.807, 2.05) is 6.07 Å². The highest BCUT2D eigenvalue weighted by molar-refractivity contribution is 6.35. The summed E-state index contributed by atoms with van der Waals surface area (Å²) in [5.74, 6) is -2.37. The van der Waals surface area contributed by atoms with Crippen LogP contribution in [0.4, 0.5) is 4.79 Å². The number of carbonyl (C=O) groups excluding carboxylic acids is 2. The number of nitrogens with zero attached hydrogens (tertiary/aromatic N) is 1. The third kappa shape index (κ3) is 2.56. The van der Waals surface area contributed by atoms with Gasteiger partial charge in [-0.3, -0.25) is 10.1 Å². The molecule has 1 aromatic rings. The normalized spacial score (nSPS) is 26.6. The summed E-state index contributed by atoms with van der Waals surface area (Å²) in [6.45, 7) is 0. The second-order valence-corrected chi connectivity index (χ2v) is 5.90. The van der Waals surface area contributed by atoms with Crippen LogP contribution in [0.2, 0.25) is 10.0 Å². The lowest BCUT2D eigenvalue weighted by atomic mass is 9.77. The molecule has 0 aliphatic carbocycles. The van der Waals surface area contributed by atoms with Gasteiger partial charge in [-0.25, -0.2) is 4.79 Å². The molecule has 7 nitrogen and oxygen atoms in total. The number of benzene rings is 1. The van der Waals surface area contributed by atoms with E-state index in [4.69, 9.17) is 33.7 Å². The average molecular weight is 353 g/mol. The molecule has 3 amide bonds. The molecule has 2 aliphatic heterocycles. The van der Waals surface area contributed by atoms with Gasteiger partial charge >= 0.3 is 6.03 Å². The van der Waals surface area contributed by atoms with Crippen LogP contribution >= 0.6 is 23.2 Å². The maximum Gasteiger partial charge on any atom is 0.324 e.